The zero-order valence-electron chi connectivity index (χ0n) is 26.9. The van der Waals surface area contributed by atoms with E-state index in [2.05, 4.69) is 97.1 Å². The van der Waals surface area contributed by atoms with E-state index < -0.39 is 11.2 Å². The lowest BCUT2D eigenvalue weighted by Gasteiger charge is -2.45. The highest BCUT2D eigenvalue weighted by atomic mass is 16.5. The van der Waals surface area contributed by atoms with Crippen molar-refractivity contribution in [1.82, 2.24) is 0 Å². The molecule has 6 aromatic rings. The van der Waals surface area contributed by atoms with Gasteiger partial charge in [-0.15, -0.1) is 0 Å². The van der Waals surface area contributed by atoms with Gasteiger partial charge in [0.15, 0.2) is 0 Å². The number of hydrogen-bond donors (Lipinski definition) is 0. The molecule has 1 aliphatic heterocycles. The van der Waals surface area contributed by atoms with Gasteiger partial charge in [0.25, 0.3) is 0 Å². The molecule has 47 heavy (non-hydrogen) atoms. The summed E-state index contributed by atoms with van der Waals surface area (Å²) in [5, 5.41) is 0. The molecule has 0 saturated carbocycles. The minimum Gasteiger partial charge on any atom is -0.497 e. The normalized spacial score (nSPS) is 14.2. The third-order valence-electron chi connectivity index (χ3n) is 9.20. The first kappa shape index (κ1) is 30.2. The molecule has 7 rings (SSSR count). The molecule has 6 aromatic carbocycles. The highest BCUT2D eigenvalue weighted by Crippen LogP contribution is 2.57. The van der Waals surface area contributed by atoms with Crippen molar-refractivity contribution in [3.05, 3.63) is 179 Å². The summed E-state index contributed by atoms with van der Waals surface area (Å²) in [6.07, 6.45) is 0. The smallest absolute Gasteiger partial charge is 0.146 e. The van der Waals surface area contributed by atoms with Crippen molar-refractivity contribution in [3.63, 3.8) is 0 Å². The Kier molecular flexibility index (Phi) is 7.92. The van der Waals surface area contributed by atoms with E-state index in [0.29, 0.717) is 0 Å². The molecule has 0 atom stereocenters. The van der Waals surface area contributed by atoms with E-state index in [-0.39, 0.29) is 0 Å². The van der Waals surface area contributed by atoms with Crippen LogP contribution >= 0.6 is 0 Å². The Morgan fingerprint density at radius 1 is 0.340 bits per heavy atom. The van der Waals surface area contributed by atoms with E-state index in [1.54, 1.807) is 28.4 Å². The SMILES string of the molecule is COc1ccc(C2(c3ccc(OC)cc3)OC(c3ccc(OC)cc3)(c3ccc(OC)cc3)c3ccccc3-c3ccccc32)cc1. The summed E-state index contributed by atoms with van der Waals surface area (Å²) >= 11 is 0. The maximum absolute atomic E-state index is 8.11. The van der Waals surface area contributed by atoms with Crippen molar-refractivity contribution in [2.24, 2.45) is 0 Å². The summed E-state index contributed by atoms with van der Waals surface area (Å²) in [7, 11) is 6.73. The standard InChI is InChI=1S/C42H36O5/c1-43-33-21-13-29(14-22-33)41(30-15-23-34(44-2)24-16-30)39-11-7-5-9-37(39)38-10-6-8-12-40(38)42(47-41,31-17-25-35(45-3)26-18-31)32-19-27-36(46-4)28-20-32/h5-28H,1-4H3. The van der Waals surface area contributed by atoms with Gasteiger partial charge in [-0.05, 0) is 81.9 Å². The Morgan fingerprint density at radius 2 is 0.596 bits per heavy atom. The lowest BCUT2D eigenvalue weighted by Crippen LogP contribution is -2.43. The van der Waals surface area contributed by atoms with Crippen LogP contribution < -0.4 is 18.9 Å². The van der Waals surface area contributed by atoms with Crippen molar-refractivity contribution in [1.29, 1.82) is 0 Å². The van der Waals surface area contributed by atoms with Gasteiger partial charge in [0.1, 0.15) is 34.2 Å². The average molecular weight is 621 g/mol. The van der Waals surface area contributed by atoms with Crippen LogP contribution in [0.4, 0.5) is 0 Å². The molecule has 0 unspecified atom stereocenters. The van der Waals surface area contributed by atoms with Gasteiger partial charge in [-0.25, -0.2) is 0 Å². The Labute approximate surface area is 275 Å². The molecule has 0 amide bonds. The topological polar surface area (TPSA) is 46.2 Å². The molecule has 5 heteroatoms. The third kappa shape index (κ3) is 4.91. The van der Waals surface area contributed by atoms with Crippen LogP contribution in [0.25, 0.3) is 11.1 Å². The van der Waals surface area contributed by atoms with Crippen LogP contribution in [0.1, 0.15) is 33.4 Å². The van der Waals surface area contributed by atoms with E-state index >= 15 is 0 Å². The Balaban J connectivity index is 1.66. The van der Waals surface area contributed by atoms with Gasteiger partial charge in [0.05, 0.1) is 28.4 Å². The summed E-state index contributed by atoms with van der Waals surface area (Å²) in [5.41, 5.74) is 5.81. The van der Waals surface area contributed by atoms with Crippen molar-refractivity contribution < 1.29 is 23.7 Å². The van der Waals surface area contributed by atoms with E-state index in [1.807, 2.05) is 48.5 Å². The summed E-state index contributed by atoms with van der Waals surface area (Å²) in [6.45, 7) is 0. The van der Waals surface area contributed by atoms with Gasteiger partial charge in [0.2, 0.25) is 0 Å². The van der Waals surface area contributed by atoms with Crippen molar-refractivity contribution in [2.75, 3.05) is 28.4 Å². The van der Waals surface area contributed by atoms with Crippen molar-refractivity contribution in [2.45, 2.75) is 11.2 Å². The maximum Gasteiger partial charge on any atom is 0.146 e. The predicted octanol–water partition coefficient (Wildman–Crippen LogP) is 9.00. The van der Waals surface area contributed by atoms with Crippen molar-refractivity contribution in [3.8, 4) is 34.1 Å². The van der Waals surface area contributed by atoms with Gasteiger partial charge in [-0.1, -0.05) is 97.1 Å². The molecule has 0 radical (unpaired) electrons. The molecule has 0 bridgehead atoms. The second kappa shape index (κ2) is 12.3. The molecule has 1 heterocycles. The van der Waals surface area contributed by atoms with E-state index in [4.69, 9.17) is 23.7 Å². The molecule has 0 fully saturated rings. The van der Waals surface area contributed by atoms with Crippen molar-refractivity contribution >= 4 is 0 Å². The second-order valence-electron chi connectivity index (χ2n) is 11.5. The number of hydrogen-bond acceptors (Lipinski definition) is 5. The molecule has 0 spiro atoms. The first-order chi connectivity index (χ1) is 23.1. The molecule has 0 aliphatic carbocycles. The Hall–Kier alpha value is -5.52. The monoisotopic (exact) mass is 620 g/mol. The second-order valence-corrected chi connectivity index (χ2v) is 11.5. The number of benzene rings is 6. The molecule has 1 aliphatic rings. The molecule has 0 saturated heterocycles. The fourth-order valence-corrected chi connectivity index (χ4v) is 6.88. The van der Waals surface area contributed by atoms with Gasteiger partial charge < -0.3 is 23.7 Å². The minimum atomic E-state index is -1.10. The van der Waals surface area contributed by atoms with E-state index in [1.165, 1.54) is 0 Å². The van der Waals surface area contributed by atoms with Crippen LogP contribution in [0.2, 0.25) is 0 Å². The lowest BCUT2D eigenvalue weighted by atomic mass is 9.77. The molecule has 234 valence electrons. The summed E-state index contributed by atoms with van der Waals surface area (Å²) in [5.74, 6) is 3.06. The predicted molar refractivity (Wildman–Crippen MR) is 185 cm³/mol. The van der Waals surface area contributed by atoms with E-state index in [9.17, 15) is 0 Å². The third-order valence-corrected chi connectivity index (χ3v) is 9.20. The molecule has 5 nitrogen and oxygen atoms in total. The van der Waals surface area contributed by atoms with Gasteiger partial charge in [0, 0.05) is 11.1 Å². The number of rotatable bonds is 8. The lowest BCUT2D eigenvalue weighted by molar-refractivity contribution is -0.0787. The van der Waals surface area contributed by atoms with E-state index in [0.717, 1.165) is 67.5 Å². The zero-order chi connectivity index (χ0) is 32.4. The van der Waals surface area contributed by atoms with Gasteiger partial charge >= 0.3 is 0 Å². The largest absolute Gasteiger partial charge is 0.497 e. The van der Waals surface area contributed by atoms with Crippen LogP contribution in [0.3, 0.4) is 0 Å². The van der Waals surface area contributed by atoms with Gasteiger partial charge in [-0.2, -0.15) is 0 Å². The fraction of sp³-hybridized carbons (Fsp3) is 0.143. The molecular weight excluding hydrogens is 584 g/mol. The zero-order valence-corrected chi connectivity index (χ0v) is 26.9. The molecule has 0 aromatic heterocycles. The quantitative estimate of drug-likeness (QED) is 0.170. The number of methoxy groups -OCH3 is 4. The molecular formula is C42H36O5. The first-order valence-corrected chi connectivity index (χ1v) is 15.5. The Bertz CT molecular complexity index is 1740. The van der Waals surface area contributed by atoms with Crippen LogP contribution in [0.15, 0.2) is 146 Å². The number of ether oxygens (including phenoxy) is 5. The highest BCUT2D eigenvalue weighted by molar-refractivity contribution is 5.78. The van der Waals surface area contributed by atoms with Gasteiger partial charge in [-0.3, -0.25) is 0 Å². The van der Waals surface area contributed by atoms with Crippen LogP contribution in [0.5, 0.6) is 23.0 Å². The fourth-order valence-electron chi connectivity index (χ4n) is 6.88. The van der Waals surface area contributed by atoms with Crippen LogP contribution in [-0.4, -0.2) is 28.4 Å². The maximum atomic E-state index is 8.11. The summed E-state index contributed by atoms with van der Waals surface area (Å²) in [6, 6.07) is 49.8. The molecule has 0 N–H and O–H groups in total. The van der Waals surface area contributed by atoms with Crippen LogP contribution in [0, 0.1) is 0 Å². The summed E-state index contributed by atoms with van der Waals surface area (Å²) < 4.78 is 30.6. The minimum absolute atomic E-state index is 0.764. The number of fused-ring (bicyclic) bond motifs is 3. The van der Waals surface area contributed by atoms with Crippen LogP contribution in [-0.2, 0) is 15.9 Å². The Morgan fingerprint density at radius 3 is 0.851 bits per heavy atom. The average Bonchev–Trinajstić information content (AvgIpc) is 3.27. The highest BCUT2D eigenvalue weighted by Gasteiger charge is 2.52. The summed E-state index contributed by atoms with van der Waals surface area (Å²) in [4.78, 5) is 0. The first-order valence-electron chi connectivity index (χ1n) is 15.5.